The Morgan fingerprint density at radius 2 is 2.09 bits per heavy atom. The van der Waals surface area contributed by atoms with Gasteiger partial charge in [0.05, 0.1) is 5.75 Å². The van der Waals surface area contributed by atoms with Crippen LogP contribution in [0, 0.1) is 11.6 Å². The van der Waals surface area contributed by atoms with Gasteiger partial charge >= 0.3 is 0 Å². The van der Waals surface area contributed by atoms with E-state index in [0.29, 0.717) is 18.1 Å². The first-order valence-corrected chi connectivity index (χ1v) is 7.95. The number of halogens is 2. The minimum atomic E-state index is -0.813. The summed E-state index contributed by atoms with van der Waals surface area (Å²) in [7, 11) is 0. The van der Waals surface area contributed by atoms with Crippen LogP contribution in [0.15, 0.2) is 36.0 Å². The molecule has 0 spiro atoms. The molecule has 2 rings (SSSR count). The molecule has 1 amide bonds. The van der Waals surface area contributed by atoms with Crippen molar-refractivity contribution in [1.29, 1.82) is 0 Å². The fourth-order valence-electron chi connectivity index (χ4n) is 1.92. The number of rotatable bonds is 7. The Kier molecular flexibility index (Phi) is 5.86. The van der Waals surface area contributed by atoms with Gasteiger partial charge in [0.2, 0.25) is 5.91 Å². The van der Waals surface area contributed by atoms with Gasteiger partial charge in [-0.25, -0.2) is 8.78 Å². The minimum absolute atomic E-state index is 0.0350. The highest BCUT2D eigenvalue weighted by atomic mass is 32.2. The second kappa shape index (κ2) is 7.87. The average Bonchev–Trinajstić information content (AvgIpc) is 2.91. The monoisotopic (exact) mass is 338 g/mol. The number of anilines is 1. The van der Waals surface area contributed by atoms with Gasteiger partial charge in [0.25, 0.3) is 0 Å². The molecule has 1 aromatic heterocycles. The third kappa shape index (κ3) is 4.16. The molecule has 0 saturated heterocycles. The standard InChI is InChI=1S/C15H16F2N4OS/c1-3-8-21-12(4-2)19-20-15(21)23-9-13(22)18-14-10(16)6-5-7-11(14)17/h3,5-7H,1,4,8-9H2,2H3,(H,18,22). The SMILES string of the molecule is C=CCn1c(CC)nnc1SCC(=O)Nc1c(F)cccc1F. The van der Waals surface area contributed by atoms with Gasteiger partial charge in [-0.05, 0) is 12.1 Å². The molecule has 0 atom stereocenters. The molecule has 23 heavy (non-hydrogen) atoms. The van der Waals surface area contributed by atoms with Gasteiger partial charge in [-0.1, -0.05) is 30.8 Å². The van der Waals surface area contributed by atoms with Gasteiger partial charge < -0.3 is 9.88 Å². The summed E-state index contributed by atoms with van der Waals surface area (Å²) >= 11 is 1.15. The zero-order chi connectivity index (χ0) is 16.8. The van der Waals surface area contributed by atoms with E-state index in [2.05, 4.69) is 22.1 Å². The van der Waals surface area contributed by atoms with Crippen LogP contribution in [0.2, 0.25) is 0 Å². The molecule has 1 aromatic carbocycles. The number of para-hydroxylation sites is 1. The number of allylic oxidation sites excluding steroid dienone is 1. The Labute approximate surface area is 136 Å². The van der Waals surface area contributed by atoms with E-state index in [1.807, 2.05) is 11.5 Å². The van der Waals surface area contributed by atoms with Gasteiger partial charge in [-0.2, -0.15) is 0 Å². The molecule has 0 aliphatic carbocycles. The number of nitrogens with one attached hydrogen (secondary N) is 1. The zero-order valence-electron chi connectivity index (χ0n) is 12.6. The number of aromatic nitrogens is 3. The summed E-state index contributed by atoms with van der Waals surface area (Å²) in [6.07, 6.45) is 2.41. The van der Waals surface area contributed by atoms with Gasteiger partial charge in [0, 0.05) is 13.0 Å². The molecule has 1 heterocycles. The van der Waals surface area contributed by atoms with Crippen LogP contribution in [0.4, 0.5) is 14.5 Å². The van der Waals surface area contributed by atoms with Crippen LogP contribution >= 0.6 is 11.8 Å². The second-order valence-corrected chi connectivity index (χ2v) is 5.53. The normalized spacial score (nSPS) is 10.6. The summed E-state index contributed by atoms with van der Waals surface area (Å²) in [5, 5.41) is 10.9. The van der Waals surface area contributed by atoms with Crippen LogP contribution in [0.3, 0.4) is 0 Å². The summed E-state index contributed by atoms with van der Waals surface area (Å²) in [6.45, 7) is 6.15. The molecule has 0 aliphatic heterocycles. The Bertz CT molecular complexity index is 697. The lowest BCUT2D eigenvalue weighted by atomic mass is 10.3. The second-order valence-electron chi connectivity index (χ2n) is 4.59. The fraction of sp³-hybridized carbons (Fsp3) is 0.267. The van der Waals surface area contributed by atoms with Crippen molar-refractivity contribution in [1.82, 2.24) is 14.8 Å². The molecular formula is C15H16F2N4OS. The molecule has 0 aliphatic rings. The van der Waals surface area contributed by atoms with Crippen LogP contribution in [0.25, 0.3) is 0 Å². The van der Waals surface area contributed by atoms with Crippen LogP contribution in [0.1, 0.15) is 12.7 Å². The quantitative estimate of drug-likeness (QED) is 0.623. The average molecular weight is 338 g/mol. The number of nitrogens with zero attached hydrogens (tertiary/aromatic N) is 3. The van der Waals surface area contributed by atoms with Gasteiger partial charge in [-0.15, -0.1) is 16.8 Å². The third-order valence-electron chi connectivity index (χ3n) is 2.98. The number of amides is 1. The first-order chi connectivity index (χ1) is 11.1. The lowest BCUT2D eigenvalue weighted by molar-refractivity contribution is -0.113. The molecule has 8 heteroatoms. The molecule has 1 N–H and O–H groups in total. The largest absolute Gasteiger partial charge is 0.320 e. The van der Waals surface area contributed by atoms with E-state index in [4.69, 9.17) is 0 Å². The molecule has 0 bridgehead atoms. The molecular weight excluding hydrogens is 322 g/mol. The van der Waals surface area contributed by atoms with E-state index in [1.54, 1.807) is 6.08 Å². The third-order valence-corrected chi connectivity index (χ3v) is 3.95. The zero-order valence-corrected chi connectivity index (χ0v) is 13.4. The number of aryl methyl sites for hydroxylation is 1. The van der Waals surface area contributed by atoms with Gasteiger partial charge in [0.15, 0.2) is 5.16 Å². The fourth-order valence-corrected chi connectivity index (χ4v) is 2.69. The summed E-state index contributed by atoms with van der Waals surface area (Å²) in [5.74, 6) is -1.40. The summed E-state index contributed by atoms with van der Waals surface area (Å²) < 4.78 is 28.8. The van der Waals surface area contributed by atoms with E-state index in [0.717, 1.165) is 29.7 Å². The van der Waals surface area contributed by atoms with Crippen LogP contribution in [-0.4, -0.2) is 26.4 Å². The summed E-state index contributed by atoms with van der Waals surface area (Å²) in [4.78, 5) is 11.9. The van der Waals surface area contributed by atoms with Crippen molar-refractivity contribution in [3.63, 3.8) is 0 Å². The van der Waals surface area contributed by atoms with E-state index in [-0.39, 0.29) is 5.75 Å². The van der Waals surface area contributed by atoms with E-state index >= 15 is 0 Å². The Morgan fingerprint density at radius 3 is 2.70 bits per heavy atom. The number of hydrogen-bond acceptors (Lipinski definition) is 4. The van der Waals surface area contributed by atoms with E-state index in [1.165, 1.54) is 6.07 Å². The van der Waals surface area contributed by atoms with E-state index in [9.17, 15) is 13.6 Å². The molecule has 0 saturated carbocycles. The van der Waals surface area contributed by atoms with Crippen molar-refractivity contribution in [2.75, 3.05) is 11.1 Å². The molecule has 5 nitrogen and oxygen atoms in total. The van der Waals surface area contributed by atoms with Crippen LogP contribution in [-0.2, 0) is 17.8 Å². The van der Waals surface area contributed by atoms with Gasteiger partial charge in [-0.3, -0.25) is 4.79 Å². The summed E-state index contributed by atoms with van der Waals surface area (Å²) in [6, 6.07) is 3.40. The topological polar surface area (TPSA) is 59.8 Å². The Morgan fingerprint density at radius 1 is 1.39 bits per heavy atom. The molecule has 0 fully saturated rings. The number of hydrogen-bond donors (Lipinski definition) is 1. The lowest BCUT2D eigenvalue weighted by Gasteiger charge is -2.08. The maximum atomic E-state index is 13.5. The number of thioether (sulfide) groups is 1. The van der Waals surface area contributed by atoms with Crippen LogP contribution < -0.4 is 5.32 Å². The first-order valence-electron chi connectivity index (χ1n) is 6.96. The highest BCUT2D eigenvalue weighted by molar-refractivity contribution is 7.99. The smallest absolute Gasteiger partial charge is 0.235 e. The number of benzene rings is 1. The maximum Gasteiger partial charge on any atom is 0.235 e. The Balaban J connectivity index is 2.02. The first kappa shape index (κ1) is 17.1. The van der Waals surface area contributed by atoms with Crippen molar-refractivity contribution in [3.8, 4) is 0 Å². The van der Waals surface area contributed by atoms with Crippen molar-refractivity contribution in [3.05, 3.63) is 48.3 Å². The number of carbonyl (C=O) groups excluding carboxylic acids is 1. The molecule has 122 valence electrons. The highest BCUT2D eigenvalue weighted by Crippen LogP contribution is 2.20. The molecule has 0 radical (unpaired) electrons. The van der Waals surface area contributed by atoms with Crippen molar-refractivity contribution < 1.29 is 13.6 Å². The minimum Gasteiger partial charge on any atom is -0.320 e. The predicted octanol–water partition coefficient (Wildman–Crippen LogP) is 3.04. The highest BCUT2D eigenvalue weighted by Gasteiger charge is 2.15. The molecule has 2 aromatic rings. The van der Waals surface area contributed by atoms with Crippen molar-refractivity contribution >= 4 is 23.4 Å². The summed E-state index contributed by atoms with van der Waals surface area (Å²) in [5.41, 5.74) is -0.445. The number of carbonyl (C=O) groups is 1. The van der Waals surface area contributed by atoms with Gasteiger partial charge in [0.1, 0.15) is 23.1 Å². The van der Waals surface area contributed by atoms with Crippen molar-refractivity contribution in [2.24, 2.45) is 0 Å². The van der Waals surface area contributed by atoms with E-state index < -0.39 is 23.2 Å². The molecule has 0 unspecified atom stereocenters. The Hall–Kier alpha value is -2.22. The predicted molar refractivity (Wildman–Crippen MR) is 85.3 cm³/mol. The lowest BCUT2D eigenvalue weighted by Crippen LogP contribution is -2.16. The van der Waals surface area contributed by atoms with Crippen molar-refractivity contribution in [2.45, 2.75) is 25.0 Å². The maximum absolute atomic E-state index is 13.5. The van der Waals surface area contributed by atoms with Crippen LogP contribution in [0.5, 0.6) is 0 Å².